The molecule has 2 atom stereocenters. The molecule has 2 rings (SSSR count). The average molecular weight is 295 g/mol. The summed E-state index contributed by atoms with van der Waals surface area (Å²) in [6.45, 7) is 5.88. The zero-order chi connectivity index (χ0) is 15.7. The number of hydrogen-bond donors (Lipinski definition) is 3. The predicted octanol–water partition coefficient (Wildman–Crippen LogP) is 0.0145. The van der Waals surface area contributed by atoms with Gasteiger partial charge in [0, 0.05) is 13.1 Å². The van der Waals surface area contributed by atoms with Crippen molar-refractivity contribution >= 4 is 17.1 Å². The molecule has 2 aromatic rings. The molecular formula is C13H21N5O3. The van der Waals surface area contributed by atoms with Crippen molar-refractivity contribution in [3.05, 3.63) is 20.8 Å². The van der Waals surface area contributed by atoms with E-state index in [1.165, 1.54) is 4.57 Å². The minimum Gasteiger partial charge on any atom is -0.392 e. The summed E-state index contributed by atoms with van der Waals surface area (Å²) in [5.74, 6) is 0.479. The van der Waals surface area contributed by atoms with Crippen LogP contribution in [-0.2, 0) is 13.6 Å². The van der Waals surface area contributed by atoms with Gasteiger partial charge in [-0.3, -0.25) is 14.3 Å². The first-order chi connectivity index (χ1) is 9.85. The number of fused-ring (bicyclic) bond motifs is 1. The number of aryl methyl sites for hydroxylation is 1. The van der Waals surface area contributed by atoms with Crippen LogP contribution in [0.1, 0.15) is 27.2 Å². The molecule has 0 radical (unpaired) electrons. The summed E-state index contributed by atoms with van der Waals surface area (Å²) < 4.78 is 2.90. The highest BCUT2D eigenvalue weighted by molar-refractivity contribution is 5.74. The molecule has 0 bridgehead atoms. The number of anilines is 1. The van der Waals surface area contributed by atoms with Crippen LogP contribution < -0.4 is 16.6 Å². The molecule has 2 aromatic heterocycles. The van der Waals surface area contributed by atoms with Gasteiger partial charge in [0.2, 0.25) is 5.95 Å². The van der Waals surface area contributed by atoms with Gasteiger partial charge < -0.3 is 15.0 Å². The lowest BCUT2D eigenvalue weighted by Gasteiger charge is -2.15. The van der Waals surface area contributed by atoms with Crippen molar-refractivity contribution in [3.63, 3.8) is 0 Å². The molecule has 0 aliphatic rings. The van der Waals surface area contributed by atoms with E-state index >= 15 is 0 Å². The molecule has 0 aliphatic heterocycles. The molecule has 0 aromatic carbocycles. The first kappa shape index (κ1) is 15.3. The molecule has 0 fully saturated rings. The fourth-order valence-electron chi connectivity index (χ4n) is 2.11. The molecule has 3 N–H and O–H groups in total. The Hall–Kier alpha value is -2.09. The lowest BCUT2D eigenvalue weighted by molar-refractivity contribution is 0.175. The fraction of sp³-hybridized carbons (Fsp3) is 0.615. The van der Waals surface area contributed by atoms with Crippen LogP contribution >= 0.6 is 0 Å². The third-order valence-electron chi connectivity index (χ3n) is 3.44. The maximum atomic E-state index is 12.1. The molecule has 0 amide bonds. The van der Waals surface area contributed by atoms with Crippen molar-refractivity contribution in [1.82, 2.24) is 19.1 Å². The molecule has 116 valence electrons. The van der Waals surface area contributed by atoms with Crippen molar-refractivity contribution in [2.75, 3.05) is 5.32 Å². The van der Waals surface area contributed by atoms with Gasteiger partial charge in [-0.2, -0.15) is 4.98 Å². The van der Waals surface area contributed by atoms with E-state index in [2.05, 4.69) is 15.3 Å². The number of rotatable bonds is 5. The van der Waals surface area contributed by atoms with Crippen LogP contribution in [0.5, 0.6) is 0 Å². The number of aromatic amines is 1. The summed E-state index contributed by atoms with van der Waals surface area (Å²) in [5.41, 5.74) is -0.429. The molecule has 0 spiro atoms. The Labute approximate surface area is 121 Å². The Morgan fingerprint density at radius 2 is 2.05 bits per heavy atom. The van der Waals surface area contributed by atoms with Crippen molar-refractivity contribution in [2.45, 2.75) is 45.9 Å². The zero-order valence-corrected chi connectivity index (χ0v) is 12.7. The highest BCUT2D eigenvalue weighted by atomic mass is 16.3. The molecule has 8 nitrogen and oxygen atoms in total. The van der Waals surface area contributed by atoms with Crippen LogP contribution in [0.15, 0.2) is 9.59 Å². The molecule has 0 saturated heterocycles. The second-order valence-corrected chi connectivity index (χ2v) is 5.34. The fourth-order valence-corrected chi connectivity index (χ4v) is 2.11. The normalized spacial score (nSPS) is 14.3. The van der Waals surface area contributed by atoms with E-state index in [0.29, 0.717) is 11.6 Å². The summed E-state index contributed by atoms with van der Waals surface area (Å²) >= 11 is 0. The second kappa shape index (κ2) is 5.72. The third-order valence-corrected chi connectivity index (χ3v) is 3.44. The number of aliphatic hydroxyl groups is 1. The Balaban J connectivity index is 2.72. The lowest BCUT2D eigenvalue weighted by atomic mass is 10.3. The molecule has 0 unspecified atom stereocenters. The van der Waals surface area contributed by atoms with Crippen LogP contribution in [0.25, 0.3) is 11.2 Å². The first-order valence-corrected chi connectivity index (χ1v) is 6.99. The van der Waals surface area contributed by atoms with Gasteiger partial charge >= 0.3 is 5.69 Å². The minimum atomic E-state index is -0.642. The quantitative estimate of drug-likeness (QED) is 0.721. The van der Waals surface area contributed by atoms with Gasteiger partial charge in [0.05, 0.1) is 12.6 Å². The molecule has 2 heterocycles. The summed E-state index contributed by atoms with van der Waals surface area (Å²) in [6.07, 6.45) is 0.240. The number of nitrogens with one attached hydrogen (secondary N) is 2. The third kappa shape index (κ3) is 2.85. The van der Waals surface area contributed by atoms with E-state index in [1.54, 1.807) is 18.5 Å². The van der Waals surface area contributed by atoms with E-state index in [1.807, 2.05) is 13.8 Å². The van der Waals surface area contributed by atoms with E-state index in [0.717, 1.165) is 6.42 Å². The van der Waals surface area contributed by atoms with E-state index in [9.17, 15) is 14.7 Å². The highest BCUT2D eigenvalue weighted by Crippen LogP contribution is 2.17. The molecule has 0 saturated carbocycles. The Bertz CT molecular complexity index is 755. The maximum absolute atomic E-state index is 12.1. The maximum Gasteiger partial charge on any atom is 0.329 e. The number of aliphatic hydroxyl groups excluding tert-OH is 1. The largest absolute Gasteiger partial charge is 0.392 e. The van der Waals surface area contributed by atoms with Crippen molar-refractivity contribution in [1.29, 1.82) is 0 Å². The van der Waals surface area contributed by atoms with Crippen molar-refractivity contribution < 1.29 is 5.11 Å². The Kier molecular flexibility index (Phi) is 4.17. The number of aromatic nitrogens is 4. The summed E-state index contributed by atoms with van der Waals surface area (Å²) in [6, 6.07) is 0.158. The molecule has 21 heavy (non-hydrogen) atoms. The second-order valence-electron chi connectivity index (χ2n) is 5.34. The summed E-state index contributed by atoms with van der Waals surface area (Å²) in [4.78, 5) is 30.4. The van der Waals surface area contributed by atoms with Gasteiger partial charge in [-0.1, -0.05) is 6.92 Å². The standard InChI is InChI=1S/C13H21N5O3/c1-5-7(2)14-12-15-10-9(18(12)6-8(3)19)11(20)16-13(21)17(10)4/h7-8,19H,5-6H2,1-4H3,(H,14,15)(H,16,20,21)/t7-,8+/m0/s1. The van der Waals surface area contributed by atoms with Crippen LogP contribution in [0.3, 0.4) is 0 Å². The minimum absolute atomic E-state index is 0.158. The van der Waals surface area contributed by atoms with Gasteiger partial charge in [-0.25, -0.2) is 4.79 Å². The van der Waals surface area contributed by atoms with E-state index in [4.69, 9.17) is 0 Å². The van der Waals surface area contributed by atoms with Crippen LogP contribution in [-0.4, -0.2) is 36.4 Å². The van der Waals surface area contributed by atoms with Gasteiger partial charge in [0.1, 0.15) is 0 Å². The van der Waals surface area contributed by atoms with Gasteiger partial charge in [0.25, 0.3) is 5.56 Å². The smallest absolute Gasteiger partial charge is 0.329 e. The topological polar surface area (TPSA) is 105 Å². The monoisotopic (exact) mass is 295 g/mol. The Morgan fingerprint density at radius 1 is 1.38 bits per heavy atom. The zero-order valence-electron chi connectivity index (χ0n) is 12.7. The van der Waals surface area contributed by atoms with E-state index < -0.39 is 17.4 Å². The number of nitrogens with zero attached hydrogens (tertiary/aromatic N) is 3. The first-order valence-electron chi connectivity index (χ1n) is 6.99. The van der Waals surface area contributed by atoms with Crippen LogP contribution in [0.2, 0.25) is 0 Å². The SMILES string of the molecule is CC[C@H](C)Nc1nc2c(c(=O)[nH]c(=O)n2C)n1C[C@@H](C)O. The van der Waals surface area contributed by atoms with Crippen LogP contribution in [0.4, 0.5) is 5.95 Å². The molecule has 0 aliphatic carbocycles. The molecular weight excluding hydrogens is 274 g/mol. The van der Waals surface area contributed by atoms with Crippen molar-refractivity contribution in [2.24, 2.45) is 7.05 Å². The van der Waals surface area contributed by atoms with Gasteiger partial charge in [0.15, 0.2) is 11.2 Å². The number of H-pyrrole nitrogens is 1. The summed E-state index contributed by atoms with van der Waals surface area (Å²) in [7, 11) is 1.55. The average Bonchev–Trinajstić information content (AvgIpc) is 2.74. The Morgan fingerprint density at radius 3 is 2.62 bits per heavy atom. The highest BCUT2D eigenvalue weighted by Gasteiger charge is 2.19. The van der Waals surface area contributed by atoms with Crippen LogP contribution in [0, 0.1) is 0 Å². The molecule has 8 heteroatoms. The lowest BCUT2D eigenvalue weighted by Crippen LogP contribution is -2.30. The predicted molar refractivity (Wildman–Crippen MR) is 80.7 cm³/mol. The van der Waals surface area contributed by atoms with Gasteiger partial charge in [-0.15, -0.1) is 0 Å². The van der Waals surface area contributed by atoms with Gasteiger partial charge in [-0.05, 0) is 20.3 Å². The summed E-state index contributed by atoms with van der Waals surface area (Å²) in [5, 5.41) is 12.9. The number of hydrogen-bond acceptors (Lipinski definition) is 5. The number of imidazole rings is 1. The van der Waals surface area contributed by atoms with E-state index in [-0.39, 0.29) is 18.1 Å². The van der Waals surface area contributed by atoms with Crippen molar-refractivity contribution in [3.8, 4) is 0 Å².